The van der Waals surface area contributed by atoms with E-state index in [1.807, 2.05) is 18.0 Å². The SMILES string of the molecule is CCCCCCCCC(CCCCCCCC)(SC)[S+](C)[O-]. The monoisotopic (exact) mass is 348 g/mol. The maximum Gasteiger partial charge on any atom is 0.170 e. The van der Waals surface area contributed by atoms with Crippen molar-refractivity contribution in [2.24, 2.45) is 0 Å². The second-order valence-electron chi connectivity index (χ2n) is 6.60. The summed E-state index contributed by atoms with van der Waals surface area (Å²) < 4.78 is 12.3. The van der Waals surface area contributed by atoms with E-state index in [2.05, 4.69) is 20.1 Å². The molecule has 0 radical (unpaired) electrons. The van der Waals surface area contributed by atoms with Gasteiger partial charge in [0.2, 0.25) is 0 Å². The van der Waals surface area contributed by atoms with Crippen molar-refractivity contribution in [1.82, 2.24) is 0 Å². The smallest absolute Gasteiger partial charge is 0.170 e. The highest BCUT2D eigenvalue weighted by atomic mass is 32.3. The Kier molecular flexibility index (Phi) is 15.7. The van der Waals surface area contributed by atoms with Gasteiger partial charge in [-0.2, -0.15) is 0 Å². The van der Waals surface area contributed by atoms with Crippen molar-refractivity contribution in [3.8, 4) is 0 Å². The lowest BCUT2D eigenvalue weighted by Crippen LogP contribution is -2.34. The normalized spacial score (nSPS) is 13.5. The summed E-state index contributed by atoms with van der Waals surface area (Å²) in [5.41, 5.74) is 0. The third-order valence-electron chi connectivity index (χ3n) is 4.72. The molecule has 0 aliphatic carbocycles. The van der Waals surface area contributed by atoms with Crippen molar-refractivity contribution in [2.45, 2.75) is 108 Å². The predicted octanol–water partition coefficient (Wildman–Crippen LogP) is 6.93. The summed E-state index contributed by atoms with van der Waals surface area (Å²) in [4.78, 5) is 0. The third-order valence-corrected chi connectivity index (χ3v) is 8.53. The number of hydrogen-bond donors (Lipinski definition) is 0. The van der Waals surface area contributed by atoms with Gasteiger partial charge in [-0.1, -0.05) is 78.1 Å². The molecule has 0 heterocycles. The van der Waals surface area contributed by atoms with Crippen LogP contribution in [0.1, 0.15) is 104 Å². The van der Waals surface area contributed by atoms with E-state index in [0.717, 1.165) is 12.8 Å². The molecule has 134 valence electrons. The quantitative estimate of drug-likeness (QED) is 0.223. The maximum absolute atomic E-state index is 12.3. The van der Waals surface area contributed by atoms with E-state index in [-0.39, 0.29) is 4.08 Å². The van der Waals surface area contributed by atoms with E-state index in [9.17, 15) is 4.55 Å². The molecule has 0 aromatic heterocycles. The van der Waals surface area contributed by atoms with Crippen LogP contribution in [-0.2, 0) is 11.2 Å². The zero-order valence-electron chi connectivity index (χ0n) is 15.6. The van der Waals surface area contributed by atoms with Crippen LogP contribution in [0.4, 0.5) is 0 Å². The summed E-state index contributed by atoms with van der Waals surface area (Å²) in [6.45, 7) is 4.53. The number of unbranched alkanes of at least 4 members (excludes halogenated alkanes) is 10. The highest BCUT2D eigenvalue weighted by molar-refractivity contribution is 8.14. The van der Waals surface area contributed by atoms with Crippen molar-refractivity contribution in [1.29, 1.82) is 0 Å². The Morgan fingerprint density at radius 3 is 1.41 bits per heavy atom. The van der Waals surface area contributed by atoms with Gasteiger partial charge in [0.25, 0.3) is 0 Å². The van der Waals surface area contributed by atoms with Gasteiger partial charge in [0.05, 0.1) is 6.26 Å². The van der Waals surface area contributed by atoms with Gasteiger partial charge in [-0.3, -0.25) is 0 Å². The van der Waals surface area contributed by atoms with Crippen molar-refractivity contribution in [2.75, 3.05) is 12.5 Å². The fourth-order valence-electron chi connectivity index (χ4n) is 3.08. The molecule has 0 bridgehead atoms. The largest absolute Gasteiger partial charge is 0.615 e. The van der Waals surface area contributed by atoms with Crippen LogP contribution >= 0.6 is 11.8 Å². The van der Waals surface area contributed by atoms with E-state index >= 15 is 0 Å². The summed E-state index contributed by atoms with van der Waals surface area (Å²) in [5, 5.41) is 0. The summed E-state index contributed by atoms with van der Waals surface area (Å²) in [7, 11) is 0. The molecule has 0 N–H and O–H groups in total. The van der Waals surface area contributed by atoms with Gasteiger partial charge in [0.1, 0.15) is 0 Å². The van der Waals surface area contributed by atoms with Crippen molar-refractivity contribution < 1.29 is 4.55 Å². The minimum Gasteiger partial charge on any atom is -0.615 e. The average molecular weight is 349 g/mol. The van der Waals surface area contributed by atoms with Crippen molar-refractivity contribution in [3.05, 3.63) is 0 Å². The minimum atomic E-state index is -0.717. The second kappa shape index (κ2) is 15.2. The lowest BCUT2D eigenvalue weighted by molar-refractivity contribution is 0.496. The first kappa shape index (κ1) is 22.7. The van der Waals surface area contributed by atoms with Crippen LogP contribution in [0.2, 0.25) is 0 Å². The molecular weight excluding hydrogens is 308 g/mol. The Balaban J connectivity index is 4.01. The van der Waals surface area contributed by atoms with E-state index in [1.165, 1.54) is 77.0 Å². The van der Waals surface area contributed by atoms with Crippen molar-refractivity contribution >= 4 is 22.9 Å². The Bertz CT molecular complexity index is 215. The second-order valence-corrected chi connectivity index (χ2v) is 9.74. The molecule has 0 fully saturated rings. The van der Waals surface area contributed by atoms with Crippen molar-refractivity contribution in [3.63, 3.8) is 0 Å². The lowest BCUT2D eigenvalue weighted by Gasteiger charge is -2.32. The van der Waals surface area contributed by atoms with Crippen LogP contribution in [0.5, 0.6) is 0 Å². The highest BCUT2D eigenvalue weighted by Gasteiger charge is 2.37. The summed E-state index contributed by atoms with van der Waals surface area (Å²) in [6.07, 6.45) is 22.3. The first-order chi connectivity index (χ1) is 10.6. The van der Waals surface area contributed by atoms with Crippen LogP contribution < -0.4 is 0 Å². The van der Waals surface area contributed by atoms with Crippen LogP contribution in [0.15, 0.2) is 0 Å². The van der Waals surface area contributed by atoms with Gasteiger partial charge in [-0.15, -0.1) is 11.8 Å². The van der Waals surface area contributed by atoms with Gasteiger partial charge in [0, 0.05) is 12.8 Å². The van der Waals surface area contributed by atoms with Crippen LogP contribution in [0.3, 0.4) is 0 Å². The molecule has 0 aromatic rings. The molecule has 0 rings (SSSR count). The molecule has 3 heteroatoms. The van der Waals surface area contributed by atoms with Crippen LogP contribution in [0, 0.1) is 0 Å². The minimum absolute atomic E-state index is 0.0233. The maximum atomic E-state index is 12.3. The van der Waals surface area contributed by atoms with Crippen LogP contribution in [-0.4, -0.2) is 21.1 Å². The van der Waals surface area contributed by atoms with Crippen LogP contribution in [0.25, 0.3) is 0 Å². The number of thioether (sulfide) groups is 1. The van der Waals surface area contributed by atoms with Gasteiger partial charge in [-0.05, 0) is 30.3 Å². The molecule has 0 aliphatic rings. The molecule has 0 saturated carbocycles. The van der Waals surface area contributed by atoms with E-state index in [4.69, 9.17) is 0 Å². The highest BCUT2D eigenvalue weighted by Crippen LogP contribution is 2.39. The van der Waals surface area contributed by atoms with Gasteiger partial charge >= 0.3 is 0 Å². The molecule has 1 nitrogen and oxygen atoms in total. The molecule has 0 saturated heterocycles. The molecule has 22 heavy (non-hydrogen) atoms. The summed E-state index contributed by atoms with van der Waals surface area (Å²) in [5.74, 6) is 0. The van der Waals surface area contributed by atoms with E-state index in [1.54, 1.807) is 0 Å². The zero-order chi connectivity index (χ0) is 16.7. The molecule has 0 spiro atoms. The lowest BCUT2D eigenvalue weighted by atomic mass is 10.0. The van der Waals surface area contributed by atoms with Gasteiger partial charge in [0.15, 0.2) is 4.08 Å². The molecule has 0 aromatic carbocycles. The van der Waals surface area contributed by atoms with Gasteiger partial charge in [-0.25, -0.2) is 0 Å². The summed E-state index contributed by atoms with van der Waals surface area (Å²) >= 11 is 1.15. The third kappa shape index (κ3) is 10.4. The van der Waals surface area contributed by atoms with Gasteiger partial charge < -0.3 is 4.55 Å². The molecular formula is C19H40OS2. The first-order valence-corrected chi connectivity index (χ1v) is 12.3. The molecule has 1 atom stereocenters. The predicted molar refractivity (Wildman–Crippen MR) is 106 cm³/mol. The first-order valence-electron chi connectivity index (χ1n) is 9.51. The fraction of sp³-hybridized carbons (Fsp3) is 1.00. The number of rotatable bonds is 16. The molecule has 0 aliphatic heterocycles. The van der Waals surface area contributed by atoms with E-state index < -0.39 is 11.2 Å². The zero-order valence-corrected chi connectivity index (χ0v) is 17.3. The Hall–Kier alpha value is 0.660. The Morgan fingerprint density at radius 1 is 0.727 bits per heavy atom. The standard InChI is InChI=1S/C19H40OS2/c1-5-7-9-11-13-15-17-19(21-3,22(4)20)18-16-14-12-10-8-6-2/h5-18H2,1-4H3. The Labute approximate surface area is 148 Å². The topological polar surface area (TPSA) is 23.1 Å². The fourth-order valence-corrected chi connectivity index (χ4v) is 5.58. The number of hydrogen-bond acceptors (Lipinski definition) is 2. The Morgan fingerprint density at radius 2 is 1.09 bits per heavy atom. The summed E-state index contributed by atoms with van der Waals surface area (Å²) in [6, 6.07) is 0. The molecule has 0 amide bonds. The van der Waals surface area contributed by atoms with E-state index in [0.29, 0.717) is 0 Å². The molecule has 1 unspecified atom stereocenters. The average Bonchev–Trinajstić information content (AvgIpc) is 2.51.